The van der Waals surface area contributed by atoms with Crippen molar-refractivity contribution in [2.45, 2.75) is 38.3 Å². The van der Waals surface area contributed by atoms with Gasteiger partial charge in [-0.05, 0) is 19.3 Å². The molecule has 1 aromatic heterocycles. The van der Waals surface area contributed by atoms with Crippen molar-refractivity contribution in [2.24, 2.45) is 5.92 Å². The van der Waals surface area contributed by atoms with Crippen molar-refractivity contribution >= 4 is 11.8 Å². The number of nitrogens with one attached hydrogen (secondary N) is 1. The van der Waals surface area contributed by atoms with Crippen LogP contribution in [0.5, 0.6) is 0 Å². The van der Waals surface area contributed by atoms with Crippen LogP contribution < -0.4 is 5.32 Å². The van der Waals surface area contributed by atoms with Gasteiger partial charge in [-0.3, -0.25) is 14.3 Å². The molecule has 1 atom stereocenters. The fourth-order valence-corrected chi connectivity index (χ4v) is 2.60. The summed E-state index contributed by atoms with van der Waals surface area (Å²) in [7, 11) is 0. The van der Waals surface area contributed by atoms with Crippen LogP contribution in [0, 0.1) is 5.92 Å². The van der Waals surface area contributed by atoms with E-state index in [4.69, 9.17) is 0 Å². The number of nitrogens with zero attached hydrogens (tertiary/aromatic N) is 4. The van der Waals surface area contributed by atoms with Crippen molar-refractivity contribution in [3.8, 4) is 0 Å². The summed E-state index contributed by atoms with van der Waals surface area (Å²) in [5.74, 6) is -0.0372. The molecule has 1 aliphatic heterocycles. The molecule has 0 aromatic carbocycles. The van der Waals surface area contributed by atoms with Crippen LogP contribution >= 0.6 is 0 Å². The van der Waals surface area contributed by atoms with Crippen molar-refractivity contribution < 1.29 is 9.59 Å². The fraction of sp³-hybridized carbons (Fsp3) is 0.692. The smallest absolute Gasteiger partial charge is 0.225 e. The Labute approximate surface area is 117 Å². The molecule has 1 saturated heterocycles. The first-order valence-corrected chi connectivity index (χ1v) is 7.15. The first kappa shape index (κ1) is 13.1. The zero-order valence-corrected chi connectivity index (χ0v) is 11.4. The standard InChI is InChI=1S/C13H19N5O2/c19-12-8-10(9-18(12)11-2-3-11)13(20)14-4-1-6-17-7-5-15-16-17/h5,7,10-11H,1-4,6,8-9H2,(H,14,20)/t10-/m0/s1. The number of aryl methyl sites for hydroxylation is 1. The van der Waals surface area contributed by atoms with E-state index in [0.29, 0.717) is 25.6 Å². The quantitative estimate of drug-likeness (QED) is 0.730. The molecule has 2 amide bonds. The summed E-state index contributed by atoms with van der Waals surface area (Å²) in [6.07, 6.45) is 6.80. The molecular weight excluding hydrogens is 258 g/mol. The maximum absolute atomic E-state index is 12.0. The molecule has 108 valence electrons. The third-order valence-electron chi connectivity index (χ3n) is 3.85. The normalized spacial score (nSPS) is 22.3. The van der Waals surface area contributed by atoms with E-state index in [1.165, 1.54) is 0 Å². The minimum atomic E-state index is -0.172. The van der Waals surface area contributed by atoms with Gasteiger partial charge in [0.25, 0.3) is 0 Å². The molecule has 1 N–H and O–H groups in total. The summed E-state index contributed by atoms with van der Waals surface area (Å²) in [4.78, 5) is 25.7. The summed E-state index contributed by atoms with van der Waals surface area (Å²) in [5, 5.41) is 10.5. The average molecular weight is 277 g/mol. The highest BCUT2D eigenvalue weighted by Gasteiger charge is 2.41. The molecule has 0 spiro atoms. The molecule has 0 radical (unpaired) electrons. The highest BCUT2D eigenvalue weighted by atomic mass is 16.2. The topological polar surface area (TPSA) is 80.1 Å². The van der Waals surface area contributed by atoms with Crippen LogP contribution in [0.25, 0.3) is 0 Å². The zero-order valence-electron chi connectivity index (χ0n) is 11.4. The summed E-state index contributed by atoms with van der Waals surface area (Å²) in [6.45, 7) is 1.93. The van der Waals surface area contributed by atoms with E-state index >= 15 is 0 Å². The highest BCUT2D eigenvalue weighted by Crippen LogP contribution is 2.32. The van der Waals surface area contributed by atoms with Crippen molar-refractivity contribution in [2.75, 3.05) is 13.1 Å². The molecule has 7 heteroatoms. The van der Waals surface area contributed by atoms with Crippen LogP contribution in [0.15, 0.2) is 12.4 Å². The third-order valence-corrected chi connectivity index (χ3v) is 3.85. The van der Waals surface area contributed by atoms with Crippen LogP contribution in [-0.4, -0.2) is 50.8 Å². The van der Waals surface area contributed by atoms with Gasteiger partial charge in [0.2, 0.25) is 11.8 Å². The molecule has 20 heavy (non-hydrogen) atoms. The molecule has 2 heterocycles. The zero-order chi connectivity index (χ0) is 13.9. The van der Waals surface area contributed by atoms with E-state index in [0.717, 1.165) is 25.8 Å². The number of aromatic nitrogens is 3. The lowest BCUT2D eigenvalue weighted by atomic mass is 10.1. The SMILES string of the molecule is O=C(NCCCn1ccnn1)[C@H]1CC(=O)N(C2CC2)C1. The molecule has 2 fully saturated rings. The third kappa shape index (κ3) is 2.97. The Kier molecular flexibility index (Phi) is 3.66. The van der Waals surface area contributed by atoms with E-state index in [1.54, 1.807) is 17.1 Å². The van der Waals surface area contributed by atoms with Crippen molar-refractivity contribution in [3.05, 3.63) is 12.4 Å². The number of hydrogen-bond acceptors (Lipinski definition) is 4. The summed E-state index contributed by atoms with van der Waals surface area (Å²) < 4.78 is 1.74. The lowest BCUT2D eigenvalue weighted by Gasteiger charge is -2.15. The van der Waals surface area contributed by atoms with Gasteiger partial charge in [0.1, 0.15) is 0 Å². The summed E-state index contributed by atoms with van der Waals surface area (Å²) in [5.41, 5.74) is 0. The van der Waals surface area contributed by atoms with Gasteiger partial charge in [0.15, 0.2) is 0 Å². The predicted molar refractivity (Wildman–Crippen MR) is 70.5 cm³/mol. The van der Waals surface area contributed by atoms with E-state index in [2.05, 4.69) is 15.6 Å². The van der Waals surface area contributed by atoms with Gasteiger partial charge in [-0.1, -0.05) is 5.21 Å². The van der Waals surface area contributed by atoms with E-state index in [9.17, 15) is 9.59 Å². The molecule has 3 rings (SSSR count). The number of likely N-dealkylation sites (tertiary alicyclic amines) is 1. The second-order valence-corrected chi connectivity index (χ2v) is 5.49. The Bertz CT molecular complexity index is 483. The summed E-state index contributed by atoms with van der Waals surface area (Å²) in [6, 6.07) is 0.410. The van der Waals surface area contributed by atoms with Crippen molar-refractivity contribution in [1.82, 2.24) is 25.2 Å². The second kappa shape index (κ2) is 5.60. The van der Waals surface area contributed by atoms with Gasteiger partial charge in [0, 0.05) is 38.3 Å². The van der Waals surface area contributed by atoms with Gasteiger partial charge < -0.3 is 10.2 Å². The fourth-order valence-electron chi connectivity index (χ4n) is 2.60. The Hall–Kier alpha value is -1.92. The average Bonchev–Trinajstić information content (AvgIpc) is 2.99. The summed E-state index contributed by atoms with van der Waals surface area (Å²) >= 11 is 0. The number of rotatable bonds is 6. The molecule has 1 aliphatic carbocycles. The minimum Gasteiger partial charge on any atom is -0.356 e. The first-order chi connectivity index (χ1) is 9.74. The van der Waals surface area contributed by atoms with Crippen molar-refractivity contribution in [3.63, 3.8) is 0 Å². The minimum absolute atomic E-state index is 0.0000836. The van der Waals surface area contributed by atoms with Crippen LogP contribution in [0.1, 0.15) is 25.7 Å². The molecule has 0 unspecified atom stereocenters. The number of hydrogen-bond donors (Lipinski definition) is 1. The lowest BCUT2D eigenvalue weighted by molar-refractivity contribution is -0.129. The Balaban J connectivity index is 1.37. The monoisotopic (exact) mass is 277 g/mol. The predicted octanol–water partition coefficient (Wildman–Crippen LogP) is -0.205. The van der Waals surface area contributed by atoms with Gasteiger partial charge in [0.05, 0.1) is 12.1 Å². The van der Waals surface area contributed by atoms with E-state index in [-0.39, 0.29) is 17.7 Å². The van der Waals surface area contributed by atoms with Crippen molar-refractivity contribution in [1.29, 1.82) is 0 Å². The van der Waals surface area contributed by atoms with E-state index < -0.39 is 0 Å². The molecule has 1 saturated carbocycles. The largest absolute Gasteiger partial charge is 0.356 e. The van der Waals surface area contributed by atoms with Gasteiger partial charge in [-0.25, -0.2) is 0 Å². The van der Waals surface area contributed by atoms with Crippen LogP contribution in [-0.2, 0) is 16.1 Å². The highest BCUT2D eigenvalue weighted by molar-refractivity contribution is 5.89. The first-order valence-electron chi connectivity index (χ1n) is 7.15. The molecule has 7 nitrogen and oxygen atoms in total. The molecule has 2 aliphatic rings. The lowest BCUT2D eigenvalue weighted by Crippen LogP contribution is -2.34. The molecule has 1 aromatic rings. The van der Waals surface area contributed by atoms with Crippen LogP contribution in [0.3, 0.4) is 0 Å². The number of amides is 2. The number of carbonyl (C=O) groups excluding carboxylic acids is 2. The van der Waals surface area contributed by atoms with Crippen LogP contribution in [0.2, 0.25) is 0 Å². The molecular formula is C13H19N5O2. The molecule has 0 bridgehead atoms. The number of carbonyl (C=O) groups is 2. The Morgan fingerprint density at radius 1 is 1.45 bits per heavy atom. The Morgan fingerprint density at radius 2 is 2.30 bits per heavy atom. The van der Waals surface area contributed by atoms with Crippen LogP contribution in [0.4, 0.5) is 0 Å². The van der Waals surface area contributed by atoms with Gasteiger partial charge in [-0.15, -0.1) is 5.10 Å². The Morgan fingerprint density at radius 3 is 3.00 bits per heavy atom. The second-order valence-electron chi connectivity index (χ2n) is 5.49. The van der Waals surface area contributed by atoms with Gasteiger partial charge in [-0.2, -0.15) is 0 Å². The maximum atomic E-state index is 12.0. The maximum Gasteiger partial charge on any atom is 0.225 e. The van der Waals surface area contributed by atoms with E-state index in [1.807, 2.05) is 4.90 Å². The van der Waals surface area contributed by atoms with Gasteiger partial charge >= 0.3 is 0 Å².